The first-order valence-corrected chi connectivity index (χ1v) is 8.33. The molecule has 0 bridgehead atoms. The molecule has 1 atom stereocenters. The van der Waals surface area contributed by atoms with Gasteiger partial charge in [0.2, 0.25) is 5.89 Å². The maximum absolute atomic E-state index is 10.9. The van der Waals surface area contributed by atoms with Crippen LogP contribution < -0.4 is 0 Å². The van der Waals surface area contributed by atoms with Gasteiger partial charge in [-0.25, -0.2) is 0 Å². The average Bonchev–Trinajstić information content (AvgIpc) is 3.08. The lowest BCUT2D eigenvalue weighted by molar-refractivity contribution is -0.384. The monoisotopic (exact) mass is 352 g/mol. The van der Waals surface area contributed by atoms with Crippen molar-refractivity contribution in [2.75, 3.05) is 7.05 Å². The lowest BCUT2D eigenvalue weighted by atomic mass is 10.1. The normalized spacial score (nSPS) is 12.3. The number of non-ortho nitro benzene ring substituents is 1. The Bertz CT molecular complexity index is 879. The van der Waals surface area contributed by atoms with E-state index in [1.807, 2.05) is 55.3 Å². The molecular weight excluding hydrogens is 332 g/mol. The molecule has 134 valence electrons. The van der Waals surface area contributed by atoms with Gasteiger partial charge in [-0.1, -0.05) is 47.6 Å². The lowest BCUT2D eigenvalue weighted by Gasteiger charge is -2.23. The molecule has 0 unspecified atom stereocenters. The van der Waals surface area contributed by atoms with E-state index in [0.717, 1.165) is 11.1 Å². The van der Waals surface area contributed by atoms with Gasteiger partial charge < -0.3 is 4.52 Å². The topological polar surface area (TPSA) is 85.3 Å². The molecule has 0 fully saturated rings. The minimum atomic E-state index is -0.385. The van der Waals surface area contributed by atoms with Gasteiger partial charge in [0.25, 0.3) is 5.69 Å². The summed E-state index contributed by atoms with van der Waals surface area (Å²) < 4.78 is 5.34. The number of nitro groups is 1. The fourth-order valence-corrected chi connectivity index (χ4v) is 2.71. The molecule has 3 rings (SSSR count). The summed E-state index contributed by atoms with van der Waals surface area (Å²) in [4.78, 5) is 17.0. The summed E-state index contributed by atoms with van der Waals surface area (Å²) in [6, 6.07) is 16.6. The van der Waals surface area contributed by atoms with Crippen molar-refractivity contribution < 1.29 is 9.45 Å². The highest BCUT2D eigenvalue weighted by molar-refractivity contribution is 5.35. The molecule has 1 heterocycles. The second-order valence-electron chi connectivity index (χ2n) is 6.21. The molecule has 0 aliphatic carbocycles. The van der Waals surface area contributed by atoms with E-state index in [0.29, 0.717) is 24.7 Å². The zero-order valence-corrected chi connectivity index (χ0v) is 14.7. The summed E-state index contributed by atoms with van der Waals surface area (Å²) in [6.07, 6.45) is 0.620. The van der Waals surface area contributed by atoms with Gasteiger partial charge in [-0.3, -0.25) is 15.0 Å². The van der Waals surface area contributed by atoms with Crippen LogP contribution in [0.2, 0.25) is 0 Å². The third-order valence-electron chi connectivity index (χ3n) is 4.32. The van der Waals surface area contributed by atoms with Crippen molar-refractivity contribution in [2.24, 2.45) is 0 Å². The van der Waals surface area contributed by atoms with E-state index >= 15 is 0 Å². The number of rotatable bonds is 7. The van der Waals surface area contributed by atoms with Crippen LogP contribution in [0.5, 0.6) is 0 Å². The number of nitrogens with zero attached hydrogens (tertiary/aromatic N) is 4. The van der Waals surface area contributed by atoms with Gasteiger partial charge in [0.15, 0.2) is 5.82 Å². The van der Waals surface area contributed by atoms with Gasteiger partial charge in [0.1, 0.15) is 0 Å². The summed E-state index contributed by atoms with van der Waals surface area (Å²) in [5.74, 6) is 1.17. The summed E-state index contributed by atoms with van der Waals surface area (Å²) in [7, 11) is 1.92. The summed E-state index contributed by atoms with van der Waals surface area (Å²) in [6.45, 7) is 2.45. The largest absolute Gasteiger partial charge is 0.338 e. The van der Waals surface area contributed by atoms with Gasteiger partial charge in [-0.05, 0) is 25.1 Å². The number of hydrogen-bond donors (Lipinski definition) is 0. The smallest absolute Gasteiger partial charge is 0.269 e. The van der Waals surface area contributed by atoms with Crippen LogP contribution in [0.15, 0.2) is 59.1 Å². The Kier molecular flexibility index (Phi) is 5.38. The summed E-state index contributed by atoms with van der Waals surface area (Å²) in [5, 5.41) is 15.0. The van der Waals surface area contributed by atoms with Crippen LogP contribution in [-0.4, -0.2) is 27.0 Å². The summed E-state index contributed by atoms with van der Waals surface area (Å²) in [5.41, 5.74) is 2.08. The van der Waals surface area contributed by atoms with E-state index in [-0.39, 0.29) is 16.7 Å². The fraction of sp³-hybridized carbons (Fsp3) is 0.263. The third kappa shape index (κ3) is 4.31. The molecule has 0 aliphatic rings. The second-order valence-corrected chi connectivity index (χ2v) is 6.21. The molecule has 0 spiro atoms. The molecule has 0 amide bonds. The Morgan fingerprint density at radius 1 is 1.19 bits per heavy atom. The quantitative estimate of drug-likeness (QED) is 0.475. The molecule has 7 nitrogen and oxygen atoms in total. The molecule has 0 saturated heterocycles. The molecular formula is C19H20N4O3. The SMILES string of the molecule is C[C@@H](c1cccc([N+](=O)[O-])c1)N(C)Cc1nc(Cc2ccccc2)no1. The van der Waals surface area contributed by atoms with E-state index in [1.165, 1.54) is 6.07 Å². The van der Waals surface area contributed by atoms with Gasteiger partial charge in [-0.2, -0.15) is 4.98 Å². The predicted octanol–water partition coefficient (Wildman–Crippen LogP) is 3.76. The minimum Gasteiger partial charge on any atom is -0.338 e. The third-order valence-corrected chi connectivity index (χ3v) is 4.32. The number of nitro benzene ring substituents is 1. The molecule has 26 heavy (non-hydrogen) atoms. The first-order valence-electron chi connectivity index (χ1n) is 8.33. The maximum atomic E-state index is 10.9. The number of aromatic nitrogens is 2. The van der Waals surface area contributed by atoms with Crippen LogP contribution in [0.1, 0.15) is 35.8 Å². The Hall–Kier alpha value is -3.06. The first kappa shape index (κ1) is 17.8. The van der Waals surface area contributed by atoms with Crippen LogP contribution >= 0.6 is 0 Å². The molecule has 3 aromatic rings. The van der Waals surface area contributed by atoms with Crippen molar-refractivity contribution in [3.63, 3.8) is 0 Å². The molecule has 7 heteroatoms. The molecule has 0 N–H and O–H groups in total. The van der Waals surface area contributed by atoms with Crippen molar-refractivity contribution >= 4 is 5.69 Å². The van der Waals surface area contributed by atoms with Gasteiger partial charge in [-0.15, -0.1) is 0 Å². The number of hydrogen-bond acceptors (Lipinski definition) is 6. The Morgan fingerprint density at radius 2 is 1.96 bits per heavy atom. The Balaban J connectivity index is 1.65. The highest BCUT2D eigenvalue weighted by atomic mass is 16.6. The highest BCUT2D eigenvalue weighted by Gasteiger charge is 2.17. The van der Waals surface area contributed by atoms with Crippen LogP contribution in [0.3, 0.4) is 0 Å². The van der Waals surface area contributed by atoms with Crippen LogP contribution in [0.25, 0.3) is 0 Å². The number of benzene rings is 2. The van der Waals surface area contributed by atoms with Gasteiger partial charge in [0, 0.05) is 24.6 Å². The zero-order chi connectivity index (χ0) is 18.5. The van der Waals surface area contributed by atoms with Crippen LogP contribution in [-0.2, 0) is 13.0 Å². The molecule has 2 aromatic carbocycles. The molecule has 1 aromatic heterocycles. The lowest BCUT2D eigenvalue weighted by Crippen LogP contribution is -2.22. The molecule has 0 aliphatic heterocycles. The highest BCUT2D eigenvalue weighted by Crippen LogP contribution is 2.24. The van der Waals surface area contributed by atoms with E-state index in [4.69, 9.17) is 4.52 Å². The van der Waals surface area contributed by atoms with Crippen molar-refractivity contribution in [2.45, 2.75) is 25.9 Å². The fourth-order valence-electron chi connectivity index (χ4n) is 2.71. The van der Waals surface area contributed by atoms with E-state index in [2.05, 4.69) is 10.1 Å². The van der Waals surface area contributed by atoms with Crippen molar-refractivity contribution in [1.29, 1.82) is 0 Å². The summed E-state index contributed by atoms with van der Waals surface area (Å²) >= 11 is 0. The van der Waals surface area contributed by atoms with Gasteiger partial charge in [0.05, 0.1) is 11.5 Å². The van der Waals surface area contributed by atoms with Crippen LogP contribution in [0, 0.1) is 10.1 Å². The zero-order valence-electron chi connectivity index (χ0n) is 14.7. The standard InChI is InChI=1S/C19H20N4O3/c1-14(16-9-6-10-17(12-16)23(24)25)22(2)13-19-20-18(21-26-19)11-15-7-4-3-5-8-15/h3-10,12,14H,11,13H2,1-2H3/t14-/m0/s1. The maximum Gasteiger partial charge on any atom is 0.269 e. The first-order chi connectivity index (χ1) is 12.5. The second kappa shape index (κ2) is 7.88. The van der Waals surface area contributed by atoms with Crippen molar-refractivity contribution in [3.8, 4) is 0 Å². The Morgan fingerprint density at radius 3 is 2.69 bits per heavy atom. The average molecular weight is 352 g/mol. The molecule has 0 radical (unpaired) electrons. The van der Waals surface area contributed by atoms with Gasteiger partial charge >= 0.3 is 0 Å². The van der Waals surface area contributed by atoms with Crippen molar-refractivity contribution in [3.05, 3.63) is 87.6 Å². The molecule has 0 saturated carbocycles. The van der Waals surface area contributed by atoms with Crippen molar-refractivity contribution in [1.82, 2.24) is 15.0 Å². The predicted molar refractivity (Wildman–Crippen MR) is 96.5 cm³/mol. The van der Waals surface area contributed by atoms with E-state index in [1.54, 1.807) is 12.1 Å². The van der Waals surface area contributed by atoms with E-state index < -0.39 is 0 Å². The Labute approximate surface area is 151 Å². The van der Waals surface area contributed by atoms with E-state index in [9.17, 15) is 10.1 Å². The van der Waals surface area contributed by atoms with Crippen LogP contribution in [0.4, 0.5) is 5.69 Å². The minimum absolute atomic E-state index is 0.0284.